The average Bonchev–Trinajstić information content (AvgIpc) is 3.35. The van der Waals surface area contributed by atoms with Crippen molar-refractivity contribution in [1.82, 2.24) is 14.5 Å². The number of rotatable bonds is 5. The van der Waals surface area contributed by atoms with Crippen molar-refractivity contribution in [2.24, 2.45) is 5.41 Å². The van der Waals surface area contributed by atoms with Gasteiger partial charge >= 0.3 is 0 Å². The minimum absolute atomic E-state index is 0.115. The Morgan fingerprint density at radius 3 is 2.66 bits per heavy atom. The fraction of sp³-hybridized carbons (Fsp3) is 0.385. The number of hydrogen-bond acceptors (Lipinski definition) is 3. The standard InChI is InChI=1S/C26H28FN3O2/c1-17-12-20(6-9-23(17)29-14-18(2)28-16-29)22-13-26(22)10-3-11-30(25(26)32)24(15-31)19-4-7-21(27)8-5-19/h4-9,12,14,16,22,24,31H,3,10-11,13,15H2,1-2H3. The lowest BCUT2D eigenvalue weighted by molar-refractivity contribution is -0.144. The van der Waals surface area contributed by atoms with Crippen molar-refractivity contribution in [2.45, 2.75) is 45.1 Å². The van der Waals surface area contributed by atoms with Gasteiger partial charge in [0.15, 0.2) is 0 Å². The van der Waals surface area contributed by atoms with Crippen LogP contribution in [0.2, 0.25) is 0 Å². The predicted octanol–water partition coefficient (Wildman–Crippen LogP) is 4.46. The summed E-state index contributed by atoms with van der Waals surface area (Å²) in [6.07, 6.45) is 6.45. The van der Waals surface area contributed by atoms with Crippen LogP contribution in [0.5, 0.6) is 0 Å². The quantitative estimate of drug-likeness (QED) is 0.646. The number of imidazole rings is 1. The zero-order valence-electron chi connectivity index (χ0n) is 18.5. The summed E-state index contributed by atoms with van der Waals surface area (Å²) in [7, 11) is 0. The summed E-state index contributed by atoms with van der Waals surface area (Å²) in [6, 6.07) is 12.1. The first-order valence-corrected chi connectivity index (χ1v) is 11.2. The van der Waals surface area contributed by atoms with Gasteiger partial charge in [0.05, 0.1) is 30.1 Å². The lowest BCUT2D eigenvalue weighted by Crippen LogP contribution is -2.46. The third kappa shape index (κ3) is 3.43. The van der Waals surface area contributed by atoms with Crippen molar-refractivity contribution < 1.29 is 14.3 Å². The highest BCUT2D eigenvalue weighted by Gasteiger charge is 2.62. The number of carbonyl (C=O) groups excluding carboxylic acids is 1. The smallest absolute Gasteiger partial charge is 0.230 e. The van der Waals surface area contributed by atoms with E-state index in [4.69, 9.17) is 0 Å². The molecule has 3 aromatic rings. The minimum Gasteiger partial charge on any atom is -0.394 e. The molecule has 1 spiro atoms. The average molecular weight is 434 g/mol. The Bertz CT molecular complexity index is 1160. The van der Waals surface area contributed by atoms with Gasteiger partial charge in [-0.1, -0.05) is 24.3 Å². The van der Waals surface area contributed by atoms with E-state index in [0.717, 1.165) is 41.8 Å². The van der Waals surface area contributed by atoms with E-state index in [-0.39, 0.29) is 29.7 Å². The van der Waals surface area contributed by atoms with Crippen LogP contribution in [-0.4, -0.2) is 38.6 Å². The normalized spacial score (nSPS) is 23.6. The SMILES string of the molecule is Cc1cn(-c2ccc(C3CC34CCCN(C(CO)c3ccc(F)cc3)C4=O)cc2C)cn1. The number of hydrogen-bond donors (Lipinski definition) is 1. The van der Waals surface area contributed by atoms with Gasteiger partial charge in [-0.2, -0.15) is 0 Å². The number of nitrogens with zero attached hydrogens (tertiary/aromatic N) is 3. The van der Waals surface area contributed by atoms with Crippen LogP contribution < -0.4 is 0 Å². The molecule has 32 heavy (non-hydrogen) atoms. The molecule has 5 nitrogen and oxygen atoms in total. The van der Waals surface area contributed by atoms with Crippen molar-refractivity contribution in [1.29, 1.82) is 0 Å². The third-order valence-corrected chi connectivity index (χ3v) is 7.20. The number of aromatic nitrogens is 2. The molecule has 3 atom stereocenters. The maximum atomic E-state index is 13.6. The molecule has 1 saturated heterocycles. The second-order valence-corrected chi connectivity index (χ2v) is 9.23. The Balaban J connectivity index is 1.39. The molecule has 0 bridgehead atoms. The summed E-state index contributed by atoms with van der Waals surface area (Å²) in [5.41, 5.74) is 4.81. The molecule has 166 valence electrons. The van der Waals surface area contributed by atoms with Crippen molar-refractivity contribution in [3.05, 3.63) is 83.2 Å². The molecular formula is C26H28FN3O2. The molecule has 0 radical (unpaired) electrons. The molecule has 5 rings (SSSR count). The predicted molar refractivity (Wildman–Crippen MR) is 120 cm³/mol. The summed E-state index contributed by atoms with van der Waals surface area (Å²) in [5.74, 6) is -0.00877. The van der Waals surface area contributed by atoms with E-state index >= 15 is 0 Å². The largest absolute Gasteiger partial charge is 0.394 e. The number of carbonyl (C=O) groups is 1. The maximum Gasteiger partial charge on any atom is 0.230 e. The van der Waals surface area contributed by atoms with Gasteiger partial charge in [-0.05, 0) is 73.9 Å². The van der Waals surface area contributed by atoms with E-state index in [1.54, 1.807) is 12.1 Å². The second-order valence-electron chi connectivity index (χ2n) is 9.23. The number of piperidine rings is 1. The molecule has 1 aromatic heterocycles. The summed E-state index contributed by atoms with van der Waals surface area (Å²) in [4.78, 5) is 19.8. The van der Waals surface area contributed by atoms with Gasteiger partial charge in [-0.15, -0.1) is 0 Å². The van der Waals surface area contributed by atoms with Gasteiger partial charge in [0.2, 0.25) is 5.91 Å². The molecule has 6 heteroatoms. The van der Waals surface area contributed by atoms with E-state index in [2.05, 4.69) is 30.1 Å². The van der Waals surface area contributed by atoms with Crippen LogP contribution in [0.25, 0.3) is 5.69 Å². The molecule has 1 aliphatic carbocycles. The van der Waals surface area contributed by atoms with Crippen LogP contribution in [0.15, 0.2) is 55.0 Å². The molecule has 2 heterocycles. The van der Waals surface area contributed by atoms with Gasteiger partial charge in [0, 0.05) is 18.4 Å². The van der Waals surface area contributed by atoms with Gasteiger partial charge in [-0.25, -0.2) is 9.37 Å². The summed E-state index contributed by atoms with van der Waals surface area (Å²) >= 11 is 0. The fourth-order valence-corrected chi connectivity index (χ4v) is 5.42. The fourth-order valence-electron chi connectivity index (χ4n) is 5.42. The summed E-state index contributed by atoms with van der Waals surface area (Å²) in [6.45, 7) is 4.51. The molecule has 1 saturated carbocycles. The van der Waals surface area contributed by atoms with E-state index < -0.39 is 6.04 Å². The topological polar surface area (TPSA) is 58.4 Å². The maximum absolute atomic E-state index is 13.6. The van der Waals surface area contributed by atoms with E-state index in [9.17, 15) is 14.3 Å². The lowest BCUT2D eigenvalue weighted by Gasteiger charge is -2.38. The van der Waals surface area contributed by atoms with Crippen LogP contribution >= 0.6 is 0 Å². The number of likely N-dealkylation sites (tertiary alicyclic amines) is 1. The first-order valence-electron chi connectivity index (χ1n) is 11.2. The van der Waals surface area contributed by atoms with Crippen LogP contribution in [0.1, 0.15) is 53.6 Å². The van der Waals surface area contributed by atoms with Gasteiger partial charge < -0.3 is 14.6 Å². The third-order valence-electron chi connectivity index (χ3n) is 7.20. The number of aliphatic hydroxyl groups excluding tert-OH is 1. The number of halogens is 1. The molecule has 2 fully saturated rings. The highest BCUT2D eigenvalue weighted by molar-refractivity contribution is 5.88. The van der Waals surface area contributed by atoms with Crippen LogP contribution in [0, 0.1) is 25.1 Å². The van der Waals surface area contributed by atoms with E-state index in [1.807, 2.05) is 28.9 Å². The van der Waals surface area contributed by atoms with Crippen LogP contribution in [0.4, 0.5) is 4.39 Å². The Hall–Kier alpha value is -2.99. The van der Waals surface area contributed by atoms with E-state index in [0.29, 0.717) is 6.54 Å². The summed E-state index contributed by atoms with van der Waals surface area (Å²) < 4.78 is 15.4. The van der Waals surface area contributed by atoms with Crippen LogP contribution in [-0.2, 0) is 4.79 Å². The molecule has 2 aromatic carbocycles. The van der Waals surface area contributed by atoms with Crippen molar-refractivity contribution in [3.8, 4) is 5.69 Å². The monoisotopic (exact) mass is 433 g/mol. The first kappa shape index (κ1) is 20.9. The van der Waals surface area contributed by atoms with Gasteiger partial charge in [0.1, 0.15) is 5.82 Å². The van der Waals surface area contributed by atoms with Crippen molar-refractivity contribution >= 4 is 5.91 Å². The lowest BCUT2D eigenvalue weighted by atomic mass is 9.87. The Morgan fingerprint density at radius 1 is 1.22 bits per heavy atom. The second kappa shape index (κ2) is 7.85. The van der Waals surface area contributed by atoms with Gasteiger partial charge in [0.25, 0.3) is 0 Å². The molecule has 1 amide bonds. The highest BCUT2D eigenvalue weighted by Crippen LogP contribution is 2.64. The van der Waals surface area contributed by atoms with Crippen LogP contribution in [0.3, 0.4) is 0 Å². The zero-order chi connectivity index (χ0) is 22.5. The Morgan fingerprint density at radius 2 is 2.00 bits per heavy atom. The molecule has 1 N–H and O–H groups in total. The zero-order valence-corrected chi connectivity index (χ0v) is 18.5. The summed E-state index contributed by atoms with van der Waals surface area (Å²) in [5, 5.41) is 10.1. The first-order chi connectivity index (χ1) is 15.4. The van der Waals surface area contributed by atoms with Gasteiger partial charge in [-0.3, -0.25) is 4.79 Å². The molecule has 2 aliphatic rings. The Labute approximate surface area is 187 Å². The van der Waals surface area contributed by atoms with Crippen molar-refractivity contribution in [2.75, 3.05) is 13.2 Å². The minimum atomic E-state index is -0.435. The number of benzene rings is 2. The number of aryl methyl sites for hydroxylation is 2. The number of aliphatic hydroxyl groups is 1. The van der Waals surface area contributed by atoms with Crippen molar-refractivity contribution in [3.63, 3.8) is 0 Å². The van der Waals surface area contributed by atoms with E-state index in [1.165, 1.54) is 17.7 Å². The molecular weight excluding hydrogens is 405 g/mol. The Kier molecular flexibility index (Phi) is 5.13. The molecule has 1 aliphatic heterocycles. The highest BCUT2D eigenvalue weighted by atomic mass is 19.1. The molecule has 3 unspecified atom stereocenters. The number of amides is 1.